The van der Waals surface area contributed by atoms with E-state index in [0.29, 0.717) is 16.5 Å². The lowest BCUT2D eigenvalue weighted by Crippen LogP contribution is -2.33. The van der Waals surface area contributed by atoms with Gasteiger partial charge in [-0.25, -0.2) is 0 Å². The maximum atomic E-state index is 8.83. The van der Waals surface area contributed by atoms with Gasteiger partial charge in [0, 0.05) is 17.0 Å². The number of halogens is 1. The van der Waals surface area contributed by atoms with E-state index in [1.807, 2.05) is 0 Å². The van der Waals surface area contributed by atoms with Crippen molar-refractivity contribution in [1.29, 1.82) is 0 Å². The third-order valence-electron chi connectivity index (χ3n) is 1.33. The van der Waals surface area contributed by atoms with Crippen LogP contribution in [0.25, 0.3) is 0 Å². The van der Waals surface area contributed by atoms with Crippen LogP contribution in [0.3, 0.4) is 0 Å². The van der Waals surface area contributed by atoms with Crippen molar-refractivity contribution in [1.82, 2.24) is 4.98 Å². The standard InChI is InChI=1S/C6H7BBrNO2/c8-4-6-5(7(10)11)2-1-3-9-6/h1-3,10-11H,4H2. The molecule has 58 valence electrons. The minimum absolute atomic E-state index is 0.448. The molecule has 0 spiro atoms. The molecule has 3 nitrogen and oxygen atoms in total. The first-order valence-electron chi connectivity index (χ1n) is 3.11. The number of alkyl halides is 1. The van der Waals surface area contributed by atoms with Crippen LogP contribution in [0.1, 0.15) is 5.69 Å². The first-order valence-corrected chi connectivity index (χ1v) is 4.23. The molecule has 0 aliphatic carbocycles. The molecule has 0 aromatic carbocycles. The Morgan fingerprint density at radius 3 is 2.73 bits per heavy atom. The van der Waals surface area contributed by atoms with Crippen molar-refractivity contribution in [2.45, 2.75) is 5.33 Å². The second kappa shape index (κ2) is 3.85. The molecule has 0 saturated carbocycles. The molecule has 1 aromatic rings. The Morgan fingerprint density at radius 2 is 2.27 bits per heavy atom. The van der Waals surface area contributed by atoms with Gasteiger partial charge in [0.05, 0.1) is 5.69 Å². The predicted octanol–water partition coefficient (Wildman–Crippen LogP) is -0.344. The van der Waals surface area contributed by atoms with Crippen LogP contribution in [0.15, 0.2) is 18.3 Å². The average molecular weight is 216 g/mol. The highest BCUT2D eigenvalue weighted by molar-refractivity contribution is 9.08. The van der Waals surface area contributed by atoms with Gasteiger partial charge in [0.1, 0.15) is 0 Å². The Bertz CT molecular complexity index is 244. The molecule has 0 saturated heterocycles. The quantitative estimate of drug-likeness (QED) is 0.524. The van der Waals surface area contributed by atoms with Crippen molar-refractivity contribution in [2.75, 3.05) is 0 Å². The van der Waals surface area contributed by atoms with Crippen LogP contribution >= 0.6 is 15.9 Å². The summed E-state index contributed by atoms with van der Waals surface area (Å²) in [5.41, 5.74) is 1.10. The van der Waals surface area contributed by atoms with Crippen LogP contribution in [0, 0.1) is 0 Å². The van der Waals surface area contributed by atoms with Crippen LogP contribution in [-0.2, 0) is 5.33 Å². The summed E-state index contributed by atoms with van der Waals surface area (Å²) in [5, 5.41) is 18.2. The molecule has 0 fully saturated rings. The number of hydrogen-bond acceptors (Lipinski definition) is 3. The van der Waals surface area contributed by atoms with Gasteiger partial charge in [0.15, 0.2) is 0 Å². The highest BCUT2D eigenvalue weighted by Crippen LogP contribution is 1.97. The highest BCUT2D eigenvalue weighted by atomic mass is 79.9. The van der Waals surface area contributed by atoms with Crippen molar-refractivity contribution >= 4 is 28.5 Å². The molecule has 0 unspecified atom stereocenters. The van der Waals surface area contributed by atoms with Gasteiger partial charge in [-0.1, -0.05) is 22.0 Å². The fourth-order valence-corrected chi connectivity index (χ4v) is 1.27. The Balaban J connectivity index is 3.02. The van der Waals surface area contributed by atoms with E-state index in [-0.39, 0.29) is 0 Å². The molecular weight excluding hydrogens is 209 g/mol. The van der Waals surface area contributed by atoms with Crippen LogP contribution in [0.2, 0.25) is 0 Å². The van der Waals surface area contributed by atoms with Crippen molar-refractivity contribution in [2.24, 2.45) is 0 Å². The summed E-state index contributed by atoms with van der Waals surface area (Å²) in [6.45, 7) is 0. The molecule has 5 heteroatoms. The lowest BCUT2D eigenvalue weighted by atomic mass is 9.79. The van der Waals surface area contributed by atoms with E-state index in [0.717, 1.165) is 0 Å². The summed E-state index contributed by atoms with van der Waals surface area (Å²) in [4.78, 5) is 3.95. The van der Waals surface area contributed by atoms with Gasteiger partial charge in [-0.15, -0.1) is 0 Å². The van der Waals surface area contributed by atoms with Crippen molar-refractivity contribution < 1.29 is 10.0 Å². The highest BCUT2D eigenvalue weighted by Gasteiger charge is 2.14. The predicted molar refractivity (Wildman–Crippen MR) is 46.7 cm³/mol. The smallest absolute Gasteiger partial charge is 0.423 e. The molecule has 11 heavy (non-hydrogen) atoms. The van der Waals surface area contributed by atoms with Gasteiger partial charge >= 0.3 is 7.12 Å². The van der Waals surface area contributed by atoms with Crippen LogP contribution < -0.4 is 5.46 Å². The third kappa shape index (κ3) is 2.02. The summed E-state index contributed by atoms with van der Waals surface area (Å²) in [6.07, 6.45) is 1.61. The second-order valence-corrected chi connectivity index (χ2v) is 2.61. The van der Waals surface area contributed by atoms with Gasteiger partial charge in [-0.2, -0.15) is 0 Å². The van der Waals surface area contributed by atoms with Crippen LogP contribution in [0.5, 0.6) is 0 Å². The van der Waals surface area contributed by atoms with E-state index in [2.05, 4.69) is 20.9 Å². The molecule has 0 amide bonds. The maximum Gasteiger partial charge on any atom is 0.490 e. The fourth-order valence-electron chi connectivity index (χ4n) is 0.797. The Hall–Kier alpha value is -0.385. The van der Waals surface area contributed by atoms with E-state index in [9.17, 15) is 0 Å². The van der Waals surface area contributed by atoms with Gasteiger partial charge in [-0.3, -0.25) is 4.98 Å². The van der Waals surface area contributed by atoms with Gasteiger partial charge < -0.3 is 10.0 Å². The summed E-state index contributed by atoms with van der Waals surface area (Å²) in [6, 6.07) is 3.30. The molecule has 1 rings (SSSR count). The Kier molecular flexibility index (Phi) is 3.05. The minimum atomic E-state index is -1.43. The monoisotopic (exact) mass is 215 g/mol. The van der Waals surface area contributed by atoms with E-state index >= 15 is 0 Å². The summed E-state index contributed by atoms with van der Waals surface area (Å²) in [7, 11) is -1.43. The SMILES string of the molecule is OB(O)c1cccnc1CBr. The zero-order valence-corrected chi connectivity index (χ0v) is 7.32. The van der Waals surface area contributed by atoms with Crippen molar-refractivity contribution in [3.8, 4) is 0 Å². The summed E-state index contributed by atoms with van der Waals surface area (Å²) >= 11 is 3.19. The maximum absolute atomic E-state index is 8.83. The largest absolute Gasteiger partial charge is 0.490 e. The Morgan fingerprint density at radius 1 is 1.55 bits per heavy atom. The van der Waals surface area contributed by atoms with Gasteiger partial charge in [-0.05, 0) is 6.07 Å². The van der Waals surface area contributed by atoms with E-state index < -0.39 is 7.12 Å². The second-order valence-electron chi connectivity index (χ2n) is 2.05. The average Bonchev–Trinajstić information content (AvgIpc) is 2.04. The molecule has 0 radical (unpaired) electrons. The number of nitrogens with zero attached hydrogens (tertiary/aromatic N) is 1. The van der Waals surface area contributed by atoms with Crippen molar-refractivity contribution in [3.05, 3.63) is 24.0 Å². The number of rotatable bonds is 2. The number of aromatic nitrogens is 1. The van der Waals surface area contributed by atoms with E-state index in [1.54, 1.807) is 18.3 Å². The normalized spacial score (nSPS) is 9.73. The van der Waals surface area contributed by atoms with E-state index in [1.165, 1.54) is 0 Å². The zero-order chi connectivity index (χ0) is 8.27. The molecule has 0 atom stereocenters. The first kappa shape index (κ1) is 8.71. The molecule has 2 N–H and O–H groups in total. The topological polar surface area (TPSA) is 53.4 Å². The Labute approximate surface area is 73.4 Å². The summed E-state index contributed by atoms with van der Waals surface area (Å²) < 4.78 is 0. The summed E-state index contributed by atoms with van der Waals surface area (Å²) in [5.74, 6) is 0. The van der Waals surface area contributed by atoms with Crippen LogP contribution in [-0.4, -0.2) is 22.2 Å². The number of pyridine rings is 1. The molecule has 0 aliphatic heterocycles. The first-order chi connectivity index (χ1) is 5.25. The van der Waals surface area contributed by atoms with E-state index in [4.69, 9.17) is 10.0 Å². The molecule has 0 aliphatic rings. The lowest BCUT2D eigenvalue weighted by molar-refractivity contribution is 0.425. The van der Waals surface area contributed by atoms with Gasteiger partial charge in [0.25, 0.3) is 0 Å². The minimum Gasteiger partial charge on any atom is -0.423 e. The molecular formula is C6H7BBrNO2. The fraction of sp³-hybridized carbons (Fsp3) is 0.167. The third-order valence-corrected chi connectivity index (χ3v) is 1.86. The molecule has 1 heterocycles. The van der Waals surface area contributed by atoms with Gasteiger partial charge in [0.2, 0.25) is 0 Å². The number of hydrogen-bond donors (Lipinski definition) is 2. The lowest BCUT2D eigenvalue weighted by Gasteiger charge is -2.02. The van der Waals surface area contributed by atoms with Crippen molar-refractivity contribution in [3.63, 3.8) is 0 Å². The van der Waals surface area contributed by atoms with Crippen LogP contribution in [0.4, 0.5) is 0 Å². The molecule has 0 bridgehead atoms. The molecule has 1 aromatic heterocycles. The zero-order valence-electron chi connectivity index (χ0n) is 5.74.